The Balaban J connectivity index is 2.03. The summed E-state index contributed by atoms with van der Waals surface area (Å²) in [7, 11) is 1.73. The number of carbonyl (C=O) groups excluding carboxylic acids is 1. The van der Waals surface area contributed by atoms with Gasteiger partial charge in [0.25, 0.3) is 0 Å². The molecule has 1 fully saturated rings. The van der Waals surface area contributed by atoms with Crippen molar-refractivity contribution in [3.05, 3.63) is 17.5 Å². The predicted molar refractivity (Wildman–Crippen MR) is 55.7 cm³/mol. The van der Waals surface area contributed by atoms with Crippen molar-refractivity contribution in [1.82, 2.24) is 10.1 Å². The van der Waals surface area contributed by atoms with Crippen molar-refractivity contribution in [3.63, 3.8) is 0 Å². The maximum atomic E-state index is 11.3. The van der Waals surface area contributed by atoms with Crippen LogP contribution >= 0.6 is 11.6 Å². The lowest BCUT2D eigenvalue weighted by Crippen LogP contribution is -2.27. The van der Waals surface area contributed by atoms with Crippen LogP contribution in [0, 0.1) is 0 Å². The number of hydrogen-bond acceptors (Lipinski definition) is 3. The number of alkyl halides is 1. The van der Waals surface area contributed by atoms with Crippen LogP contribution in [0.3, 0.4) is 0 Å². The van der Waals surface area contributed by atoms with Gasteiger partial charge in [-0.25, -0.2) is 0 Å². The second-order valence-electron chi connectivity index (χ2n) is 3.88. The van der Waals surface area contributed by atoms with Gasteiger partial charge in [-0.05, 0) is 12.8 Å². The Morgan fingerprint density at radius 3 is 3.07 bits per heavy atom. The molecule has 4 nitrogen and oxygen atoms in total. The Hall–Kier alpha value is -1.03. The van der Waals surface area contributed by atoms with E-state index in [9.17, 15) is 4.79 Å². The normalized spacial score (nSPS) is 15.3. The molecule has 0 unspecified atom stereocenters. The molecule has 0 spiro atoms. The van der Waals surface area contributed by atoms with Crippen LogP contribution in [0.15, 0.2) is 10.8 Å². The van der Waals surface area contributed by atoms with Crippen molar-refractivity contribution in [3.8, 4) is 0 Å². The van der Waals surface area contributed by atoms with Crippen LogP contribution in [-0.4, -0.2) is 28.9 Å². The zero-order valence-electron chi connectivity index (χ0n) is 8.57. The lowest BCUT2D eigenvalue weighted by atomic mass is 10.2. The summed E-state index contributed by atoms with van der Waals surface area (Å²) in [6.45, 7) is 0.529. The van der Waals surface area contributed by atoms with Crippen LogP contribution in [0.5, 0.6) is 0 Å². The molecule has 1 aliphatic carbocycles. The highest BCUT2D eigenvalue weighted by molar-refractivity contribution is 6.27. The van der Waals surface area contributed by atoms with Gasteiger partial charge in [0.1, 0.15) is 12.1 Å². The second kappa shape index (κ2) is 4.23. The highest BCUT2D eigenvalue weighted by atomic mass is 35.5. The van der Waals surface area contributed by atoms with Crippen LogP contribution < -0.4 is 0 Å². The molecule has 1 aromatic heterocycles. The van der Waals surface area contributed by atoms with Gasteiger partial charge in [0.2, 0.25) is 5.91 Å². The summed E-state index contributed by atoms with van der Waals surface area (Å²) in [4.78, 5) is 12.9. The standard InChI is InChI=1S/C10H13ClN2O2/c1-13(9(14)4-11)5-8-6-15-12-10(8)7-2-3-7/h6-7H,2-5H2,1H3. The third kappa shape index (κ3) is 2.31. The van der Waals surface area contributed by atoms with E-state index in [1.807, 2.05) is 0 Å². The monoisotopic (exact) mass is 228 g/mol. The number of halogens is 1. The van der Waals surface area contributed by atoms with Gasteiger partial charge in [0, 0.05) is 18.5 Å². The first-order chi connectivity index (χ1) is 7.22. The molecule has 0 aromatic carbocycles. The minimum atomic E-state index is -0.0837. The smallest absolute Gasteiger partial charge is 0.237 e. The lowest BCUT2D eigenvalue weighted by molar-refractivity contribution is -0.127. The molecule has 0 radical (unpaired) electrons. The Morgan fingerprint density at radius 2 is 2.47 bits per heavy atom. The first-order valence-electron chi connectivity index (χ1n) is 4.95. The highest BCUT2D eigenvalue weighted by Gasteiger charge is 2.29. The summed E-state index contributed by atoms with van der Waals surface area (Å²) < 4.78 is 4.94. The molecular formula is C10H13ClN2O2. The van der Waals surface area contributed by atoms with Gasteiger partial charge in [-0.2, -0.15) is 0 Å². The van der Waals surface area contributed by atoms with Crippen LogP contribution in [0.4, 0.5) is 0 Å². The van der Waals surface area contributed by atoms with Crippen molar-refractivity contribution in [2.24, 2.45) is 0 Å². The minimum absolute atomic E-state index is 0.0144. The Labute approximate surface area is 93.2 Å². The molecule has 0 aliphatic heterocycles. The van der Waals surface area contributed by atoms with E-state index in [1.165, 1.54) is 12.8 Å². The molecule has 2 rings (SSSR count). The van der Waals surface area contributed by atoms with Gasteiger partial charge in [-0.15, -0.1) is 11.6 Å². The number of carbonyl (C=O) groups is 1. The Kier molecular flexibility index (Phi) is 2.95. The molecule has 5 heteroatoms. The topological polar surface area (TPSA) is 46.3 Å². The zero-order chi connectivity index (χ0) is 10.8. The maximum absolute atomic E-state index is 11.3. The number of hydrogen-bond donors (Lipinski definition) is 0. The fourth-order valence-electron chi connectivity index (χ4n) is 1.52. The molecule has 1 aliphatic rings. The first kappa shape index (κ1) is 10.5. The van der Waals surface area contributed by atoms with Crippen LogP contribution in [0.2, 0.25) is 0 Å². The fraction of sp³-hybridized carbons (Fsp3) is 0.600. The van der Waals surface area contributed by atoms with E-state index >= 15 is 0 Å². The molecule has 82 valence electrons. The van der Waals surface area contributed by atoms with Gasteiger partial charge < -0.3 is 9.42 Å². The maximum Gasteiger partial charge on any atom is 0.237 e. The van der Waals surface area contributed by atoms with E-state index in [2.05, 4.69) is 5.16 Å². The largest absolute Gasteiger partial charge is 0.364 e. The van der Waals surface area contributed by atoms with E-state index in [1.54, 1.807) is 18.2 Å². The van der Waals surface area contributed by atoms with E-state index in [0.29, 0.717) is 12.5 Å². The summed E-state index contributed by atoms with van der Waals surface area (Å²) in [5.41, 5.74) is 2.00. The molecule has 0 N–H and O–H groups in total. The van der Waals surface area contributed by atoms with E-state index < -0.39 is 0 Å². The van der Waals surface area contributed by atoms with Crippen LogP contribution in [0.1, 0.15) is 30.0 Å². The average molecular weight is 229 g/mol. The molecule has 1 amide bonds. The van der Waals surface area contributed by atoms with Gasteiger partial charge in [-0.3, -0.25) is 4.79 Å². The summed E-state index contributed by atoms with van der Waals surface area (Å²) in [5, 5.41) is 3.97. The van der Waals surface area contributed by atoms with E-state index in [0.717, 1.165) is 11.3 Å². The molecular weight excluding hydrogens is 216 g/mol. The van der Waals surface area contributed by atoms with Crippen molar-refractivity contribution in [1.29, 1.82) is 0 Å². The van der Waals surface area contributed by atoms with Crippen molar-refractivity contribution in [2.45, 2.75) is 25.3 Å². The number of nitrogens with zero attached hydrogens (tertiary/aromatic N) is 2. The molecule has 0 saturated heterocycles. The van der Waals surface area contributed by atoms with Gasteiger partial charge in [-0.1, -0.05) is 5.16 Å². The summed E-state index contributed by atoms with van der Waals surface area (Å²) >= 11 is 5.47. The summed E-state index contributed by atoms with van der Waals surface area (Å²) in [6, 6.07) is 0. The molecule has 0 atom stereocenters. The Morgan fingerprint density at radius 1 is 1.73 bits per heavy atom. The zero-order valence-corrected chi connectivity index (χ0v) is 9.33. The van der Waals surface area contributed by atoms with E-state index in [-0.39, 0.29) is 11.8 Å². The van der Waals surface area contributed by atoms with E-state index in [4.69, 9.17) is 16.1 Å². The van der Waals surface area contributed by atoms with Gasteiger partial charge in [0.15, 0.2) is 0 Å². The second-order valence-corrected chi connectivity index (χ2v) is 4.15. The average Bonchev–Trinajstić information content (AvgIpc) is 2.99. The number of aromatic nitrogens is 1. The van der Waals surface area contributed by atoms with Crippen LogP contribution in [-0.2, 0) is 11.3 Å². The third-order valence-corrected chi connectivity index (χ3v) is 2.82. The number of rotatable bonds is 4. The SMILES string of the molecule is CN(Cc1conc1C1CC1)C(=O)CCl. The summed E-state index contributed by atoms with van der Waals surface area (Å²) in [6.07, 6.45) is 3.96. The summed E-state index contributed by atoms with van der Waals surface area (Å²) in [5.74, 6) is 0.471. The van der Waals surface area contributed by atoms with Gasteiger partial charge >= 0.3 is 0 Å². The van der Waals surface area contributed by atoms with Crippen molar-refractivity contribution >= 4 is 17.5 Å². The van der Waals surface area contributed by atoms with Crippen LogP contribution in [0.25, 0.3) is 0 Å². The third-order valence-electron chi connectivity index (χ3n) is 2.59. The van der Waals surface area contributed by atoms with Gasteiger partial charge in [0.05, 0.1) is 12.2 Å². The quantitative estimate of drug-likeness (QED) is 0.738. The molecule has 1 saturated carbocycles. The van der Waals surface area contributed by atoms with Crippen molar-refractivity contribution < 1.29 is 9.32 Å². The minimum Gasteiger partial charge on any atom is -0.364 e. The highest BCUT2D eigenvalue weighted by Crippen LogP contribution is 2.40. The lowest BCUT2D eigenvalue weighted by Gasteiger charge is -2.14. The molecule has 1 heterocycles. The molecule has 1 aromatic rings. The van der Waals surface area contributed by atoms with Crippen molar-refractivity contribution in [2.75, 3.05) is 12.9 Å². The molecule has 15 heavy (non-hydrogen) atoms. The first-order valence-corrected chi connectivity index (χ1v) is 5.49. The Bertz CT molecular complexity index is 360. The predicted octanol–water partition coefficient (Wildman–Crippen LogP) is 1.75. The number of amides is 1. The fourth-order valence-corrected chi connectivity index (χ4v) is 1.73. The molecule has 0 bridgehead atoms.